The Hall–Kier alpha value is -1.86. The molecule has 7 nitrogen and oxygen atoms in total. The highest BCUT2D eigenvalue weighted by Crippen LogP contribution is 2.07. The van der Waals surface area contributed by atoms with Crippen molar-refractivity contribution in [3.8, 4) is 0 Å². The molecule has 0 bridgehead atoms. The summed E-state index contributed by atoms with van der Waals surface area (Å²) in [6.07, 6.45) is 2.57. The van der Waals surface area contributed by atoms with Crippen molar-refractivity contribution < 1.29 is 14.0 Å². The molecule has 1 fully saturated rings. The van der Waals surface area contributed by atoms with Crippen LogP contribution in [-0.2, 0) is 11.3 Å². The van der Waals surface area contributed by atoms with Crippen molar-refractivity contribution in [1.29, 1.82) is 0 Å². The second-order valence-electron chi connectivity index (χ2n) is 5.02. The van der Waals surface area contributed by atoms with Crippen LogP contribution in [0.15, 0.2) is 22.8 Å². The van der Waals surface area contributed by atoms with Gasteiger partial charge in [-0.05, 0) is 31.6 Å². The number of hydrogen-bond donors (Lipinski definition) is 3. The van der Waals surface area contributed by atoms with Crippen LogP contribution in [0.2, 0.25) is 0 Å². The highest BCUT2D eigenvalue weighted by atomic mass is 16.3. The van der Waals surface area contributed by atoms with Crippen molar-refractivity contribution >= 4 is 11.9 Å². The number of hydrogen-bond acceptors (Lipinski definition) is 5. The van der Waals surface area contributed by atoms with Crippen LogP contribution in [0.1, 0.15) is 19.1 Å². The van der Waals surface area contributed by atoms with Gasteiger partial charge in [-0.1, -0.05) is 6.92 Å². The van der Waals surface area contributed by atoms with Crippen molar-refractivity contribution in [1.82, 2.24) is 20.9 Å². The summed E-state index contributed by atoms with van der Waals surface area (Å²) in [5.41, 5.74) is 0. The summed E-state index contributed by atoms with van der Waals surface area (Å²) in [4.78, 5) is 25.6. The Balaban J connectivity index is 1.71. The van der Waals surface area contributed by atoms with Crippen molar-refractivity contribution in [3.63, 3.8) is 0 Å². The fourth-order valence-electron chi connectivity index (χ4n) is 2.43. The lowest BCUT2D eigenvalue weighted by Gasteiger charge is -2.25. The summed E-state index contributed by atoms with van der Waals surface area (Å²) >= 11 is 0. The van der Waals surface area contributed by atoms with Crippen molar-refractivity contribution in [2.75, 3.05) is 26.2 Å². The van der Waals surface area contributed by atoms with Crippen molar-refractivity contribution in [3.05, 3.63) is 24.2 Å². The van der Waals surface area contributed by atoms with Crippen LogP contribution >= 0.6 is 0 Å². The summed E-state index contributed by atoms with van der Waals surface area (Å²) in [5, 5.41) is 8.19. The first kappa shape index (κ1) is 15.5. The Morgan fingerprint density at radius 1 is 1.52 bits per heavy atom. The third-order valence-corrected chi connectivity index (χ3v) is 3.56. The number of imide groups is 1. The fourth-order valence-corrected chi connectivity index (χ4v) is 2.43. The molecule has 21 heavy (non-hydrogen) atoms. The molecule has 2 heterocycles. The number of nitrogens with zero attached hydrogens (tertiary/aromatic N) is 1. The van der Waals surface area contributed by atoms with Crippen LogP contribution < -0.4 is 16.0 Å². The molecule has 0 saturated carbocycles. The summed E-state index contributed by atoms with van der Waals surface area (Å²) in [6, 6.07) is 3.37. The van der Waals surface area contributed by atoms with Gasteiger partial charge >= 0.3 is 6.03 Å². The van der Waals surface area contributed by atoms with Gasteiger partial charge in [-0.25, -0.2) is 4.79 Å². The first-order valence-electron chi connectivity index (χ1n) is 7.24. The van der Waals surface area contributed by atoms with Crippen LogP contribution in [0.4, 0.5) is 4.79 Å². The number of carbonyl (C=O) groups is 2. The predicted molar refractivity (Wildman–Crippen MR) is 77.6 cm³/mol. The average Bonchev–Trinajstić information content (AvgIpc) is 3.15. The zero-order valence-electron chi connectivity index (χ0n) is 12.2. The summed E-state index contributed by atoms with van der Waals surface area (Å²) in [6.45, 7) is 5.17. The third-order valence-electron chi connectivity index (χ3n) is 3.56. The minimum atomic E-state index is -0.503. The quantitative estimate of drug-likeness (QED) is 0.702. The second-order valence-corrected chi connectivity index (χ2v) is 5.02. The summed E-state index contributed by atoms with van der Waals surface area (Å²) < 4.78 is 5.10. The molecule has 3 amide bonds. The molecule has 0 aromatic carbocycles. The fraction of sp³-hybridized carbons (Fsp3) is 0.571. The zero-order chi connectivity index (χ0) is 15.1. The molecule has 7 heteroatoms. The molecule has 0 aliphatic carbocycles. The van der Waals surface area contributed by atoms with Gasteiger partial charge in [0.25, 0.3) is 0 Å². The van der Waals surface area contributed by atoms with E-state index in [0.29, 0.717) is 11.8 Å². The number of likely N-dealkylation sites (N-methyl/N-ethyl adjacent to an activating group) is 1. The van der Waals surface area contributed by atoms with Crippen LogP contribution in [-0.4, -0.2) is 49.1 Å². The van der Waals surface area contributed by atoms with E-state index in [-0.39, 0.29) is 19.0 Å². The lowest BCUT2D eigenvalue weighted by molar-refractivity contribution is -0.121. The SMILES string of the molecule is CCN(CC(=O)NC(=O)NCc1ccco1)C1CCNC1. The largest absolute Gasteiger partial charge is 0.467 e. The third kappa shape index (κ3) is 4.87. The van der Waals surface area contributed by atoms with E-state index in [0.717, 1.165) is 26.1 Å². The molecule has 3 N–H and O–H groups in total. The standard InChI is InChI=1S/C14H22N4O3/c1-2-18(11-5-6-15-8-11)10-13(19)17-14(20)16-9-12-4-3-7-21-12/h3-4,7,11,15H,2,5-6,8-10H2,1H3,(H2,16,17,19,20). The van der Waals surface area contributed by atoms with Crippen LogP contribution in [0.5, 0.6) is 0 Å². The van der Waals surface area contributed by atoms with E-state index in [4.69, 9.17) is 4.42 Å². The minimum absolute atomic E-state index is 0.233. The highest BCUT2D eigenvalue weighted by molar-refractivity contribution is 5.95. The number of carbonyl (C=O) groups excluding carboxylic acids is 2. The Morgan fingerprint density at radius 3 is 3.00 bits per heavy atom. The number of amides is 3. The Kier molecular flexibility index (Phi) is 5.77. The van der Waals surface area contributed by atoms with E-state index in [9.17, 15) is 9.59 Å². The minimum Gasteiger partial charge on any atom is -0.467 e. The van der Waals surface area contributed by atoms with Gasteiger partial charge in [-0.3, -0.25) is 15.0 Å². The first-order chi connectivity index (χ1) is 10.2. The normalized spacial score (nSPS) is 17.9. The molecule has 1 aliphatic heterocycles. The molecule has 2 rings (SSSR count). The summed E-state index contributed by atoms with van der Waals surface area (Å²) in [7, 11) is 0. The Labute approximate surface area is 124 Å². The predicted octanol–water partition coefficient (Wildman–Crippen LogP) is 0.289. The molecule has 0 radical (unpaired) electrons. The molecule has 1 aromatic rings. The van der Waals surface area contributed by atoms with Gasteiger partial charge in [0.2, 0.25) is 5.91 Å². The van der Waals surface area contributed by atoms with Gasteiger partial charge < -0.3 is 15.1 Å². The zero-order valence-corrected chi connectivity index (χ0v) is 12.2. The molecule has 1 aromatic heterocycles. The average molecular weight is 294 g/mol. The molecule has 1 saturated heterocycles. The Bertz CT molecular complexity index is 455. The van der Waals surface area contributed by atoms with Gasteiger partial charge in [0.1, 0.15) is 5.76 Å². The number of rotatable bonds is 6. The molecule has 0 spiro atoms. The molecule has 1 unspecified atom stereocenters. The van der Waals surface area contributed by atoms with Gasteiger partial charge in [0, 0.05) is 12.6 Å². The lowest BCUT2D eigenvalue weighted by atomic mass is 10.2. The Morgan fingerprint density at radius 2 is 2.38 bits per heavy atom. The summed E-state index contributed by atoms with van der Waals surface area (Å²) in [5.74, 6) is 0.352. The van der Waals surface area contributed by atoms with Gasteiger partial charge in [-0.2, -0.15) is 0 Å². The first-order valence-corrected chi connectivity index (χ1v) is 7.24. The molecular weight excluding hydrogens is 272 g/mol. The molecule has 116 valence electrons. The topological polar surface area (TPSA) is 86.6 Å². The van der Waals surface area contributed by atoms with Gasteiger partial charge in [0.15, 0.2) is 0 Å². The van der Waals surface area contributed by atoms with E-state index in [1.807, 2.05) is 6.92 Å². The molecule has 1 aliphatic rings. The smallest absolute Gasteiger partial charge is 0.321 e. The van der Waals surface area contributed by atoms with Crippen LogP contribution in [0.3, 0.4) is 0 Å². The monoisotopic (exact) mass is 294 g/mol. The molecule has 1 atom stereocenters. The maximum atomic E-state index is 11.9. The maximum absolute atomic E-state index is 11.9. The number of urea groups is 1. The van der Waals surface area contributed by atoms with E-state index < -0.39 is 6.03 Å². The number of nitrogens with one attached hydrogen (secondary N) is 3. The molecular formula is C14H22N4O3. The number of furan rings is 1. The lowest BCUT2D eigenvalue weighted by Crippen LogP contribution is -2.47. The van der Waals surface area contributed by atoms with E-state index in [2.05, 4.69) is 20.9 Å². The maximum Gasteiger partial charge on any atom is 0.321 e. The van der Waals surface area contributed by atoms with E-state index in [1.165, 1.54) is 6.26 Å². The second kappa shape index (κ2) is 7.80. The van der Waals surface area contributed by atoms with Crippen molar-refractivity contribution in [2.45, 2.75) is 25.9 Å². The van der Waals surface area contributed by atoms with E-state index in [1.54, 1.807) is 12.1 Å². The van der Waals surface area contributed by atoms with E-state index >= 15 is 0 Å². The van der Waals surface area contributed by atoms with Crippen LogP contribution in [0.25, 0.3) is 0 Å². The van der Waals surface area contributed by atoms with Crippen molar-refractivity contribution in [2.24, 2.45) is 0 Å². The van der Waals surface area contributed by atoms with Gasteiger partial charge in [-0.15, -0.1) is 0 Å². The highest BCUT2D eigenvalue weighted by Gasteiger charge is 2.23. The van der Waals surface area contributed by atoms with Crippen LogP contribution in [0, 0.1) is 0 Å². The van der Waals surface area contributed by atoms with Gasteiger partial charge in [0.05, 0.1) is 19.4 Å².